The Kier molecular flexibility index (Phi) is 6.05. The molecular weight excluding hydrogens is 268 g/mol. The summed E-state index contributed by atoms with van der Waals surface area (Å²) in [6.07, 6.45) is 1.84. The second kappa shape index (κ2) is 8.04. The van der Waals surface area contributed by atoms with Crippen LogP contribution in [0.3, 0.4) is 0 Å². The standard InChI is InChI=1S/C16H20N2OS/c1-13-5-7-15(8-6-13)20-16-14(4-3-9-18-16)12-17-10-11-19-2/h3-9,17H,10-12H2,1-2H3. The normalized spacial score (nSPS) is 10.7. The van der Waals surface area contributed by atoms with Gasteiger partial charge in [0.1, 0.15) is 5.03 Å². The summed E-state index contributed by atoms with van der Waals surface area (Å²) in [6, 6.07) is 12.6. The lowest BCUT2D eigenvalue weighted by Crippen LogP contribution is -2.19. The molecule has 2 aromatic rings. The van der Waals surface area contributed by atoms with Gasteiger partial charge in [0.05, 0.1) is 6.61 Å². The van der Waals surface area contributed by atoms with Crippen LogP contribution in [0, 0.1) is 6.92 Å². The molecule has 0 bridgehead atoms. The van der Waals surface area contributed by atoms with E-state index in [1.807, 2.05) is 12.3 Å². The minimum Gasteiger partial charge on any atom is -0.383 e. The molecule has 0 radical (unpaired) electrons. The predicted octanol–water partition coefficient (Wildman–Crippen LogP) is 3.28. The van der Waals surface area contributed by atoms with Gasteiger partial charge in [-0.05, 0) is 30.7 Å². The maximum absolute atomic E-state index is 5.03. The molecule has 2 rings (SSSR count). The Morgan fingerprint density at radius 2 is 2.00 bits per heavy atom. The molecule has 0 aliphatic heterocycles. The van der Waals surface area contributed by atoms with Crippen LogP contribution in [-0.2, 0) is 11.3 Å². The van der Waals surface area contributed by atoms with Crippen molar-refractivity contribution in [2.24, 2.45) is 0 Å². The van der Waals surface area contributed by atoms with Crippen LogP contribution in [0.5, 0.6) is 0 Å². The minimum absolute atomic E-state index is 0.723. The van der Waals surface area contributed by atoms with Crippen LogP contribution in [0.25, 0.3) is 0 Å². The lowest BCUT2D eigenvalue weighted by Gasteiger charge is -2.09. The molecule has 3 nitrogen and oxygen atoms in total. The van der Waals surface area contributed by atoms with E-state index in [2.05, 4.69) is 47.6 Å². The van der Waals surface area contributed by atoms with E-state index in [1.165, 1.54) is 16.0 Å². The molecule has 1 heterocycles. The molecule has 0 fully saturated rings. The number of hydrogen-bond donors (Lipinski definition) is 1. The smallest absolute Gasteiger partial charge is 0.105 e. The Balaban J connectivity index is 2.01. The first-order valence-corrected chi connectivity index (χ1v) is 7.49. The van der Waals surface area contributed by atoms with Crippen molar-refractivity contribution in [1.82, 2.24) is 10.3 Å². The van der Waals surface area contributed by atoms with Gasteiger partial charge in [0.25, 0.3) is 0 Å². The van der Waals surface area contributed by atoms with E-state index >= 15 is 0 Å². The molecule has 0 aliphatic carbocycles. The number of pyridine rings is 1. The highest BCUT2D eigenvalue weighted by Gasteiger charge is 2.05. The highest BCUT2D eigenvalue weighted by Crippen LogP contribution is 2.28. The summed E-state index contributed by atoms with van der Waals surface area (Å²) in [7, 11) is 1.71. The number of nitrogens with zero attached hydrogens (tertiary/aromatic N) is 1. The number of ether oxygens (including phenoxy) is 1. The molecule has 0 atom stereocenters. The molecule has 0 unspecified atom stereocenters. The number of nitrogens with one attached hydrogen (secondary N) is 1. The fraction of sp³-hybridized carbons (Fsp3) is 0.312. The van der Waals surface area contributed by atoms with Crippen molar-refractivity contribution in [2.45, 2.75) is 23.4 Å². The Morgan fingerprint density at radius 1 is 1.20 bits per heavy atom. The van der Waals surface area contributed by atoms with Crippen LogP contribution in [0.1, 0.15) is 11.1 Å². The number of aromatic nitrogens is 1. The van der Waals surface area contributed by atoms with Gasteiger partial charge in [-0.3, -0.25) is 0 Å². The SMILES string of the molecule is COCCNCc1cccnc1Sc1ccc(C)cc1. The second-order valence-electron chi connectivity index (χ2n) is 4.55. The molecule has 20 heavy (non-hydrogen) atoms. The summed E-state index contributed by atoms with van der Waals surface area (Å²) in [5, 5.41) is 4.42. The topological polar surface area (TPSA) is 34.1 Å². The van der Waals surface area contributed by atoms with Crippen molar-refractivity contribution in [3.05, 3.63) is 53.7 Å². The van der Waals surface area contributed by atoms with Crippen LogP contribution >= 0.6 is 11.8 Å². The summed E-state index contributed by atoms with van der Waals surface area (Å²) < 4.78 is 5.03. The van der Waals surface area contributed by atoms with E-state index in [-0.39, 0.29) is 0 Å². The third kappa shape index (κ3) is 4.63. The van der Waals surface area contributed by atoms with E-state index in [1.54, 1.807) is 18.9 Å². The Labute approximate surface area is 124 Å². The fourth-order valence-electron chi connectivity index (χ4n) is 1.77. The van der Waals surface area contributed by atoms with E-state index in [9.17, 15) is 0 Å². The van der Waals surface area contributed by atoms with Crippen LogP contribution in [-0.4, -0.2) is 25.2 Å². The molecule has 1 aromatic heterocycles. The fourth-order valence-corrected chi connectivity index (χ4v) is 2.65. The first-order chi connectivity index (χ1) is 9.79. The summed E-state index contributed by atoms with van der Waals surface area (Å²) in [6.45, 7) is 4.48. The van der Waals surface area contributed by atoms with Gasteiger partial charge in [0.15, 0.2) is 0 Å². The Bertz CT molecular complexity index is 528. The molecule has 4 heteroatoms. The third-order valence-electron chi connectivity index (χ3n) is 2.88. The van der Waals surface area contributed by atoms with Crippen LogP contribution < -0.4 is 5.32 Å². The zero-order valence-electron chi connectivity index (χ0n) is 11.9. The summed E-state index contributed by atoms with van der Waals surface area (Å²) in [5.41, 5.74) is 2.49. The van der Waals surface area contributed by atoms with Crippen LogP contribution in [0.4, 0.5) is 0 Å². The monoisotopic (exact) mass is 288 g/mol. The first-order valence-electron chi connectivity index (χ1n) is 6.67. The molecule has 0 saturated carbocycles. The highest BCUT2D eigenvalue weighted by molar-refractivity contribution is 7.99. The summed E-state index contributed by atoms with van der Waals surface area (Å²) in [5.74, 6) is 0. The Morgan fingerprint density at radius 3 is 2.75 bits per heavy atom. The average Bonchev–Trinajstić information content (AvgIpc) is 2.47. The molecule has 106 valence electrons. The van der Waals surface area contributed by atoms with Gasteiger partial charge >= 0.3 is 0 Å². The van der Waals surface area contributed by atoms with Crippen LogP contribution in [0.2, 0.25) is 0 Å². The van der Waals surface area contributed by atoms with Crippen molar-refractivity contribution in [3.8, 4) is 0 Å². The number of rotatable bonds is 7. The molecule has 0 spiro atoms. The molecular formula is C16H20N2OS. The van der Waals surface area contributed by atoms with Crippen molar-refractivity contribution in [3.63, 3.8) is 0 Å². The molecule has 0 saturated heterocycles. The molecule has 0 amide bonds. The second-order valence-corrected chi connectivity index (χ2v) is 5.61. The van der Waals surface area contributed by atoms with Crippen molar-refractivity contribution >= 4 is 11.8 Å². The van der Waals surface area contributed by atoms with E-state index in [0.29, 0.717) is 0 Å². The van der Waals surface area contributed by atoms with Gasteiger partial charge in [-0.15, -0.1) is 0 Å². The lowest BCUT2D eigenvalue weighted by atomic mass is 10.2. The lowest BCUT2D eigenvalue weighted by molar-refractivity contribution is 0.199. The highest BCUT2D eigenvalue weighted by atomic mass is 32.2. The Hall–Kier alpha value is -1.36. The van der Waals surface area contributed by atoms with Gasteiger partial charge in [-0.2, -0.15) is 0 Å². The maximum Gasteiger partial charge on any atom is 0.105 e. The number of aryl methyl sites for hydroxylation is 1. The van der Waals surface area contributed by atoms with Crippen molar-refractivity contribution < 1.29 is 4.74 Å². The average molecular weight is 288 g/mol. The van der Waals surface area contributed by atoms with Crippen LogP contribution in [0.15, 0.2) is 52.5 Å². The summed E-state index contributed by atoms with van der Waals surface area (Å²) in [4.78, 5) is 5.70. The zero-order chi connectivity index (χ0) is 14.2. The number of hydrogen-bond acceptors (Lipinski definition) is 4. The predicted molar refractivity (Wildman–Crippen MR) is 83.1 cm³/mol. The minimum atomic E-state index is 0.723. The summed E-state index contributed by atoms with van der Waals surface area (Å²) >= 11 is 1.70. The molecule has 1 aromatic carbocycles. The maximum atomic E-state index is 5.03. The number of benzene rings is 1. The van der Waals surface area contributed by atoms with Crippen molar-refractivity contribution in [2.75, 3.05) is 20.3 Å². The quantitative estimate of drug-likeness (QED) is 0.793. The van der Waals surface area contributed by atoms with Crippen molar-refractivity contribution in [1.29, 1.82) is 0 Å². The molecule has 1 N–H and O–H groups in total. The zero-order valence-corrected chi connectivity index (χ0v) is 12.7. The van der Waals surface area contributed by atoms with Gasteiger partial charge < -0.3 is 10.1 Å². The third-order valence-corrected chi connectivity index (χ3v) is 3.95. The van der Waals surface area contributed by atoms with Gasteiger partial charge in [0.2, 0.25) is 0 Å². The van der Waals surface area contributed by atoms with E-state index in [0.717, 1.165) is 24.7 Å². The van der Waals surface area contributed by atoms with E-state index in [4.69, 9.17) is 4.74 Å². The van der Waals surface area contributed by atoms with E-state index < -0.39 is 0 Å². The van der Waals surface area contributed by atoms with Gasteiger partial charge in [0, 0.05) is 31.3 Å². The molecule has 0 aliphatic rings. The van der Waals surface area contributed by atoms with Gasteiger partial charge in [-0.1, -0.05) is 35.5 Å². The number of methoxy groups -OCH3 is 1. The van der Waals surface area contributed by atoms with Gasteiger partial charge in [-0.25, -0.2) is 4.98 Å². The largest absolute Gasteiger partial charge is 0.383 e. The first kappa shape index (κ1) is 15.0.